The molecular weight excluding hydrogens is 693 g/mol. The molecule has 0 bridgehead atoms. The molecule has 0 aliphatic carbocycles. The van der Waals surface area contributed by atoms with Crippen LogP contribution < -0.4 is 10.6 Å². The fourth-order valence-electron chi connectivity index (χ4n) is 3.43. The third kappa shape index (κ3) is 8.70. The summed E-state index contributed by atoms with van der Waals surface area (Å²) >= 11 is 1.47. The van der Waals surface area contributed by atoms with Crippen LogP contribution >= 0.6 is 22.6 Å². The van der Waals surface area contributed by atoms with Gasteiger partial charge in [0.15, 0.2) is 0 Å². The fourth-order valence-corrected chi connectivity index (χ4v) is 4.20. The van der Waals surface area contributed by atoms with Crippen molar-refractivity contribution in [2.75, 3.05) is 24.9 Å². The Balaban J connectivity index is 0.000000299. The van der Waals surface area contributed by atoms with Crippen LogP contribution in [0.4, 0.5) is 37.7 Å². The quantitative estimate of drug-likeness (QED) is 0.170. The molecule has 0 saturated carbocycles. The third-order valence-electron chi connectivity index (χ3n) is 5.14. The lowest BCUT2D eigenvalue weighted by Crippen LogP contribution is -2.16. The summed E-state index contributed by atoms with van der Waals surface area (Å²) in [6.45, 7) is 2.25. The fraction of sp³-hybridized carbons (Fsp3) is 0.231. The van der Waals surface area contributed by atoms with Crippen molar-refractivity contribution in [3.05, 3.63) is 68.7 Å². The minimum Gasteiger partial charge on any atom is -0.472 e. The monoisotopic (exact) mass is 714 g/mol. The highest BCUT2D eigenvalue weighted by atomic mass is 127. The Morgan fingerprint density at radius 2 is 1.21 bits per heavy atom. The van der Waals surface area contributed by atoms with Crippen molar-refractivity contribution in [3.63, 3.8) is 0 Å². The second-order valence-corrected chi connectivity index (χ2v) is 9.34. The lowest BCUT2D eigenvalue weighted by molar-refractivity contribution is -0.138. The summed E-state index contributed by atoms with van der Waals surface area (Å²) in [5.41, 5.74) is -2.85. The van der Waals surface area contributed by atoms with Gasteiger partial charge in [0.25, 0.3) is 0 Å². The van der Waals surface area contributed by atoms with E-state index in [-0.39, 0.29) is 37.2 Å². The average Bonchev–Trinajstić information content (AvgIpc) is 3.42. The van der Waals surface area contributed by atoms with Crippen LogP contribution in [0.25, 0.3) is 11.1 Å². The SMILES string of the molecule is COC(=O)c1cc(-c2ccoc2)c(C(F)(F)F)cc1NC(C)=O.COC(=O)c1cc(I)c(C(F)(F)F)cc1NC(C)=O. The van der Waals surface area contributed by atoms with E-state index in [9.17, 15) is 45.5 Å². The van der Waals surface area contributed by atoms with E-state index in [4.69, 9.17) is 4.42 Å². The molecule has 1 aromatic heterocycles. The smallest absolute Gasteiger partial charge is 0.417 e. The number of anilines is 2. The standard InChI is InChI=1S/C15H12F3NO4.C11H9F3INO3/c1-8(20)19-13-6-12(15(16,17)18)10(9-3-4-23-7-9)5-11(13)14(21)22-2;1-5(17)16-9-4-7(11(12,13)14)8(15)3-6(9)10(18)19-2/h3-7H,1-2H3,(H,19,20);3-4H,1-2H3,(H,16,17). The second kappa shape index (κ2) is 13.7. The summed E-state index contributed by atoms with van der Waals surface area (Å²) < 4.78 is 91.9. The van der Waals surface area contributed by atoms with Gasteiger partial charge in [0, 0.05) is 23.0 Å². The first-order chi connectivity index (χ1) is 19.4. The van der Waals surface area contributed by atoms with Crippen LogP contribution in [0, 0.1) is 3.57 Å². The van der Waals surface area contributed by atoms with Crippen LogP contribution in [-0.4, -0.2) is 38.0 Å². The number of rotatable bonds is 5. The van der Waals surface area contributed by atoms with Gasteiger partial charge in [-0.15, -0.1) is 0 Å². The Morgan fingerprint density at radius 1 is 0.762 bits per heavy atom. The van der Waals surface area contributed by atoms with E-state index in [0.717, 1.165) is 52.5 Å². The molecule has 2 N–H and O–H groups in total. The third-order valence-corrected chi connectivity index (χ3v) is 6.03. The molecular formula is C26H21F6IN2O7. The van der Waals surface area contributed by atoms with Gasteiger partial charge in [0.05, 0.1) is 60.4 Å². The molecule has 2 aromatic carbocycles. The molecule has 226 valence electrons. The molecule has 0 fully saturated rings. The maximum absolute atomic E-state index is 13.3. The number of benzene rings is 2. The number of nitrogens with one attached hydrogen (secondary N) is 2. The molecule has 3 rings (SSSR count). The van der Waals surface area contributed by atoms with Gasteiger partial charge >= 0.3 is 24.3 Å². The highest BCUT2D eigenvalue weighted by molar-refractivity contribution is 14.1. The largest absolute Gasteiger partial charge is 0.472 e. The van der Waals surface area contributed by atoms with Crippen molar-refractivity contribution in [2.24, 2.45) is 0 Å². The molecule has 0 atom stereocenters. The first kappa shape index (κ1) is 34.1. The summed E-state index contributed by atoms with van der Waals surface area (Å²) in [5.74, 6) is -2.89. The molecule has 0 unspecified atom stereocenters. The predicted molar refractivity (Wildman–Crippen MR) is 145 cm³/mol. The van der Waals surface area contributed by atoms with Crippen molar-refractivity contribution >= 4 is 57.7 Å². The maximum atomic E-state index is 13.3. The van der Waals surface area contributed by atoms with Gasteiger partial charge in [0.1, 0.15) is 0 Å². The molecule has 0 aliphatic rings. The number of amides is 2. The lowest BCUT2D eigenvalue weighted by atomic mass is 9.97. The van der Waals surface area contributed by atoms with Crippen LogP contribution in [-0.2, 0) is 31.4 Å². The molecule has 3 aromatic rings. The van der Waals surface area contributed by atoms with Crippen LogP contribution in [0.2, 0.25) is 0 Å². The van der Waals surface area contributed by atoms with E-state index in [0.29, 0.717) is 6.07 Å². The van der Waals surface area contributed by atoms with Crippen molar-refractivity contribution in [1.82, 2.24) is 0 Å². The van der Waals surface area contributed by atoms with Gasteiger partial charge in [0.2, 0.25) is 11.8 Å². The number of hydrogen-bond donors (Lipinski definition) is 2. The Morgan fingerprint density at radius 3 is 1.60 bits per heavy atom. The number of methoxy groups -OCH3 is 2. The normalized spacial score (nSPS) is 11.1. The van der Waals surface area contributed by atoms with E-state index in [1.807, 2.05) is 0 Å². The minimum atomic E-state index is -4.69. The number of carbonyl (C=O) groups is 4. The molecule has 0 radical (unpaired) electrons. The molecule has 16 heteroatoms. The van der Waals surface area contributed by atoms with E-state index in [1.165, 1.54) is 34.9 Å². The van der Waals surface area contributed by atoms with Gasteiger partial charge in [-0.2, -0.15) is 26.3 Å². The van der Waals surface area contributed by atoms with Gasteiger partial charge in [-0.1, -0.05) is 0 Å². The van der Waals surface area contributed by atoms with E-state index < -0.39 is 47.2 Å². The van der Waals surface area contributed by atoms with Crippen molar-refractivity contribution in [1.29, 1.82) is 0 Å². The maximum Gasteiger partial charge on any atom is 0.417 e. The van der Waals surface area contributed by atoms with Crippen molar-refractivity contribution < 1.29 is 59.4 Å². The molecule has 1 heterocycles. The Bertz CT molecular complexity index is 1490. The predicted octanol–water partition coefficient (Wildman–Crippen LogP) is 6.77. The number of carbonyl (C=O) groups excluding carboxylic acids is 4. The molecule has 0 spiro atoms. The zero-order valence-corrected chi connectivity index (χ0v) is 24.2. The van der Waals surface area contributed by atoms with Crippen LogP contribution in [0.1, 0.15) is 45.7 Å². The number of halogens is 7. The second-order valence-electron chi connectivity index (χ2n) is 8.17. The number of hydrogen-bond acceptors (Lipinski definition) is 7. The average molecular weight is 714 g/mol. The van der Waals surface area contributed by atoms with E-state index in [2.05, 4.69) is 20.1 Å². The summed E-state index contributed by atoms with van der Waals surface area (Å²) in [7, 11) is 2.19. The summed E-state index contributed by atoms with van der Waals surface area (Å²) in [6.07, 6.45) is -6.91. The molecule has 9 nitrogen and oxygen atoms in total. The van der Waals surface area contributed by atoms with Gasteiger partial charge < -0.3 is 24.5 Å². The molecule has 2 amide bonds. The highest BCUT2D eigenvalue weighted by Gasteiger charge is 2.36. The minimum absolute atomic E-state index is 0.130. The van der Waals surface area contributed by atoms with Crippen LogP contribution in [0.3, 0.4) is 0 Å². The van der Waals surface area contributed by atoms with Crippen molar-refractivity contribution in [3.8, 4) is 11.1 Å². The number of alkyl halides is 6. The number of esters is 2. The highest BCUT2D eigenvalue weighted by Crippen LogP contribution is 2.40. The zero-order valence-electron chi connectivity index (χ0n) is 22.0. The topological polar surface area (TPSA) is 124 Å². The summed E-state index contributed by atoms with van der Waals surface area (Å²) in [5, 5.41) is 4.40. The first-order valence-corrected chi connectivity index (χ1v) is 12.4. The zero-order chi connectivity index (χ0) is 32.0. The summed E-state index contributed by atoms with van der Waals surface area (Å²) in [4.78, 5) is 45.5. The number of ether oxygens (including phenoxy) is 2. The molecule has 0 saturated heterocycles. The van der Waals surface area contributed by atoms with Crippen LogP contribution in [0.15, 0.2) is 47.3 Å². The van der Waals surface area contributed by atoms with Crippen LogP contribution in [0.5, 0.6) is 0 Å². The van der Waals surface area contributed by atoms with E-state index in [1.54, 1.807) is 0 Å². The Labute approximate surface area is 247 Å². The van der Waals surface area contributed by atoms with E-state index >= 15 is 0 Å². The first-order valence-electron chi connectivity index (χ1n) is 11.3. The lowest BCUT2D eigenvalue weighted by Gasteiger charge is -2.17. The summed E-state index contributed by atoms with van der Waals surface area (Å²) in [6, 6.07) is 4.81. The van der Waals surface area contributed by atoms with Gasteiger partial charge in [-0.05, 0) is 58.5 Å². The number of furan rings is 1. The van der Waals surface area contributed by atoms with Crippen molar-refractivity contribution in [2.45, 2.75) is 26.2 Å². The molecule has 0 aliphatic heterocycles. The van der Waals surface area contributed by atoms with Gasteiger partial charge in [-0.25, -0.2) is 9.59 Å². The molecule has 42 heavy (non-hydrogen) atoms. The van der Waals surface area contributed by atoms with Gasteiger partial charge in [-0.3, -0.25) is 9.59 Å². The Hall–Kier alpha value is -4.09. The Kier molecular flexibility index (Phi) is 11.1.